The summed E-state index contributed by atoms with van der Waals surface area (Å²) in [5, 5.41) is 22.6. The van der Waals surface area contributed by atoms with Crippen molar-refractivity contribution in [2.75, 3.05) is 13.1 Å². The molecule has 8 N–H and O–H groups in total. The molecule has 30 heavy (non-hydrogen) atoms. The van der Waals surface area contributed by atoms with Crippen molar-refractivity contribution in [1.82, 2.24) is 15.5 Å². The summed E-state index contributed by atoms with van der Waals surface area (Å²) in [4.78, 5) is 71.4. The number of carbonyl (C=O) groups excluding carboxylic acids is 4. The second-order valence-electron chi connectivity index (χ2n) is 6.85. The molecule has 0 aromatic carbocycles. The number of primary amides is 1. The summed E-state index contributed by atoms with van der Waals surface area (Å²) < 4.78 is 0. The quantitative estimate of drug-likeness (QED) is 0.187. The zero-order valence-electron chi connectivity index (χ0n) is 16.3. The van der Waals surface area contributed by atoms with Gasteiger partial charge < -0.3 is 37.2 Å². The number of rotatable bonds is 12. The Bertz CT molecular complexity index is 698. The highest BCUT2D eigenvalue weighted by Gasteiger charge is 2.38. The summed E-state index contributed by atoms with van der Waals surface area (Å²) in [5.74, 6) is -5.26. The molecule has 1 heterocycles. The molecule has 0 radical (unpaired) electrons. The Labute approximate surface area is 172 Å². The molecule has 13 nitrogen and oxygen atoms in total. The van der Waals surface area contributed by atoms with Crippen molar-refractivity contribution in [3.63, 3.8) is 0 Å². The standard InChI is InChI=1S/C17H27N5O8/c18-8-13(24)20-9(3-5-12(19)23)16(28)22-7-1-2-11(22)15(27)21-10(17(29)30)4-6-14(25)26/h9-11H,1-8,18H2,(H2,19,23)(H,20,24)(H,21,27)(H,25,26)(H,29,30). The minimum absolute atomic E-state index is 0.0822. The van der Waals surface area contributed by atoms with Crippen molar-refractivity contribution in [3.05, 3.63) is 0 Å². The summed E-state index contributed by atoms with van der Waals surface area (Å²) >= 11 is 0. The number of carboxylic acids is 2. The molecule has 0 bridgehead atoms. The van der Waals surface area contributed by atoms with E-state index in [2.05, 4.69) is 10.6 Å². The lowest BCUT2D eigenvalue weighted by Crippen LogP contribution is -2.56. The van der Waals surface area contributed by atoms with Gasteiger partial charge in [-0.1, -0.05) is 0 Å². The predicted molar refractivity (Wildman–Crippen MR) is 101 cm³/mol. The maximum Gasteiger partial charge on any atom is 0.326 e. The average Bonchev–Trinajstić information content (AvgIpc) is 3.16. The molecule has 13 heteroatoms. The van der Waals surface area contributed by atoms with Gasteiger partial charge in [-0.25, -0.2) is 4.79 Å². The molecule has 1 aliphatic heterocycles. The van der Waals surface area contributed by atoms with Gasteiger partial charge in [-0.15, -0.1) is 0 Å². The summed E-state index contributed by atoms with van der Waals surface area (Å²) in [7, 11) is 0. The van der Waals surface area contributed by atoms with E-state index in [-0.39, 0.29) is 38.8 Å². The highest BCUT2D eigenvalue weighted by Crippen LogP contribution is 2.20. The molecule has 4 amide bonds. The summed E-state index contributed by atoms with van der Waals surface area (Å²) in [6.07, 6.45) is -0.306. The second-order valence-corrected chi connectivity index (χ2v) is 6.85. The Balaban J connectivity index is 2.89. The van der Waals surface area contributed by atoms with Crippen molar-refractivity contribution in [2.24, 2.45) is 11.5 Å². The lowest BCUT2D eigenvalue weighted by Gasteiger charge is -2.29. The van der Waals surface area contributed by atoms with E-state index in [4.69, 9.17) is 16.6 Å². The van der Waals surface area contributed by atoms with Crippen molar-refractivity contribution >= 4 is 35.6 Å². The number of aliphatic carboxylic acids is 2. The Morgan fingerprint density at radius 2 is 1.63 bits per heavy atom. The van der Waals surface area contributed by atoms with Gasteiger partial charge in [0.15, 0.2) is 0 Å². The fraction of sp³-hybridized carbons (Fsp3) is 0.647. The highest BCUT2D eigenvalue weighted by atomic mass is 16.4. The average molecular weight is 429 g/mol. The van der Waals surface area contributed by atoms with Crippen LogP contribution in [0.15, 0.2) is 0 Å². The Kier molecular flexibility index (Phi) is 9.68. The fourth-order valence-electron chi connectivity index (χ4n) is 3.09. The van der Waals surface area contributed by atoms with Crippen LogP contribution < -0.4 is 22.1 Å². The zero-order valence-corrected chi connectivity index (χ0v) is 16.3. The van der Waals surface area contributed by atoms with Gasteiger partial charge in [0.1, 0.15) is 18.1 Å². The molecule has 168 valence electrons. The first kappa shape index (κ1) is 24.8. The van der Waals surface area contributed by atoms with Gasteiger partial charge in [-0.3, -0.25) is 24.0 Å². The number of nitrogens with zero attached hydrogens (tertiary/aromatic N) is 1. The molecule has 1 saturated heterocycles. The van der Waals surface area contributed by atoms with Crippen LogP contribution in [0.25, 0.3) is 0 Å². The summed E-state index contributed by atoms with van der Waals surface area (Å²) in [6.45, 7) is -0.191. The van der Waals surface area contributed by atoms with Crippen molar-refractivity contribution < 1.29 is 39.0 Å². The van der Waals surface area contributed by atoms with Gasteiger partial charge in [0.25, 0.3) is 0 Å². The number of hydrogen-bond acceptors (Lipinski definition) is 7. The van der Waals surface area contributed by atoms with E-state index >= 15 is 0 Å². The molecular formula is C17H27N5O8. The van der Waals surface area contributed by atoms with E-state index in [0.717, 1.165) is 0 Å². The van der Waals surface area contributed by atoms with Gasteiger partial charge in [0.05, 0.1) is 6.54 Å². The third kappa shape index (κ3) is 7.66. The van der Waals surface area contributed by atoms with E-state index < -0.39 is 60.1 Å². The van der Waals surface area contributed by atoms with Crippen molar-refractivity contribution in [2.45, 2.75) is 56.7 Å². The number of amides is 4. The maximum atomic E-state index is 12.9. The molecule has 1 aliphatic rings. The second kappa shape index (κ2) is 11.7. The van der Waals surface area contributed by atoms with Gasteiger partial charge in [0.2, 0.25) is 23.6 Å². The topological polar surface area (TPSA) is 222 Å². The van der Waals surface area contributed by atoms with Crippen molar-refractivity contribution in [3.8, 4) is 0 Å². The number of nitrogens with one attached hydrogen (secondary N) is 2. The van der Waals surface area contributed by atoms with Crippen molar-refractivity contribution in [1.29, 1.82) is 0 Å². The summed E-state index contributed by atoms with van der Waals surface area (Å²) in [5.41, 5.74) is 10.4. The van der Waals surface area contributed by atoms with Gasteiger partial charge in [-0.2, -0.15) is 0 Å². The van der Waals surface area contributed by atoms with Crippen LogP contribution >= 0.6 is 0 Å². The molecule has 3 unspecified atom stereocenters. The minimum atomic E-state index is -1.42. The van der Waals surface area contributed by atoms with Crippen LogP contribution in [0.1, 0.15) is 38.5 Å². The molecule has 1 fully saturated rings. The summed E-state index contributed by atoms with van der Waals surface area (Å²) in [6, 6.07) is -3.53. The number of nitrogens with two attached hydrogens (primary N) is 2. The Morgan fingerprint density at radius 1 is 1.00 bits per heavy atom. The number of carbonyl (C=O) groups is 6. The molecular weight excluding hydrogens is 402 g/mol. The molecule has 0 aromatic heterocycles. The highest BCUT2D eigenvalue weighted by molar-refractivity contribution is 5.94. The monoisotopic (exact) mass is 429 g/mol. The molecule has 0 aromatic rings. The predicted octanol–water partition coefficient (Wildman–Crippen LogP) is -2.88. The number of hydrogen-bond donors (Lipinski definition) is 6. The van der Waals surface area contributed by atoms with E-state index in [1.807, 2.05) is 0 Å². The molecule has 3 atom stereocenters. The minimum Gasteiger partial charge on any atom is -0.481 e. The number of likely N-dealkylation sites (tertiary alicyclic amines) is 1. The third-order valence-corrected chi connectivity index (χ3v) is 4.60. The van der Waals surface area contributed by atoms with E-state index in [1.165, 1.54) is 4.90 Å². The Hall–Kier alpha value is -3.22. The fourth-order valence-corrected chi connectivity index (χ4v) is 3.09. The molecule has 0 saturated carbocycles. The first-order valence-corrected chi connectivity index (χ1v) is 9.40. The van der Waals surface area contributed by atoms with Crippen LogP contribution in [0.3, 0.4) is 0 Å². The van der Waals surface area contributed by atoms with Crippen LogP contribution in [0, 0.1) is 0 Å². The molecule has 0 spiro atoms. The third-order valence-electron chi connectivity index (χ3n) is 4.60. The normalized spacial score (nSPS) is 17.6. The van der Waals surface area contributed by atoms with Gasteiger partial charge >= 0.3 is 11.9 Å². The smallest absolute Gasteiger partial charge is 0.326 e. The van der Waals surface area contributed by atoms with Crippen LogP contribution in [0.2, 0.25) is 0 Å². The van der Waals surface area contributed by atoms with Crippen LogP contribution in [-0.4, -0.2) is 81.9 Å². The van der Waals surface area contributed by atoms with E-state index in [0.29, 0.717) is 6.42 Å². The first-order chi connectivity index (χ1) is 14.1. The van der Waals surface area contributed by atoms with E-state index in [9.17, 15) is 33.9 Å². The van der Waals surface area contributed by atoms with Gasteiger partial charge in [0, 0.05) is 19.4 Å². The first-order valence-electron chi connectivity index (χ1n) is 9.40. The lowest BCUT2D eigenvalue weighted by molar-refractivity contribution is -0.145. The molecule has 0 aliphatic carbocycles. The zero-order chi connectivity index (χ0) is 22.8. The van der Waals surface area contributed by atoms with Gasteiger partial charge in [-0.05, 0) is 25.7 Å². The largest absolute Gasteiger partial charge is 0.481 e. The van der Waals surface area contributed by atoms with Crippen LogP contribution in [0.4, 0.5) is 0 Å². The lowest BCUT2D eigenvalue weighted by atomic mass is 10.1. The van der Waals surface area contributed by atoms with Crippen LogP contribution in [-0.2, 0) is 28.8 Å². The van der Waals surface area contributed by atoms with E-state index in [1.54, 1.807) is 0 Å². The van der Waals surface area contributed by atoms with Crippen LogP contribution in [0.5, 0.6) is 0 Å². The number of carboxylic acid groups (broad SMARTS) is 2. The Morgan fingerprint density at radius 3 is 2.17 bits per heavy atom. The maximum absolute atomic E-state index is 12.9. The SMILES string of the molecule is NCC(=O)NC(CCC(N)=O)C(=O)N1CCCC1C(=O)NC(CCC(=O)O)C(=O)O. The molecule has 1 rings (SSSR count).